The van der Waals surface area contributed by atoms with E-state index >= 15 is 0 Å². The zero-order valence-electron chi connectivity index (χ0n) is 17.1. The molecular formula is C23H20FN5O3. The molecule has 0 radical (unpaired) electrons. The Hall–Kier alpha value is -4.01. The highest BCUT2D eigenvalue weighted by molar-refractivity contribution is 6.05. The maximum absolute atomic E-state index is 13.5. The summed E-state index contributed by atoms with van der Waals surface area (Å²) in [6.45, 7) is 1.39. The Morgan fingerprint density at radius 2 is 2.00 bits per heavy atom. The van der Waals surface area contributed by atoms with Gasteiger partial charge >= 0.3 is 0 Å². The Bertz CT molecular complexity index is 1310. The maximum Gasteiger partial charge on any atom is 0.259 e. The molecule has 8 nitrogen and oxygen atoms in total. The van der Waals surface area contributed by atoms with E-state index in [1.807, 2.05) is 24.3 Å². The van der Waals surface area contributed by atoms with Crippen LogP contribution in [0.4, 0.5) is 10.1 Å². The van der Waals surface area contributed by atoms with Crippen LogP contribution in [0.3, 0.4) is 0 Å². The first kappa shape index (κ1) is 19.9. The number of nitrogens with one attached hydrogen (secondary N) is 1. The number of carbonyl (C=O) groups excluding carboxylic acids is 2. The summed E-state index contributed by atoms with van der Waals surface area (Å²) in [5.41, 5.74) is 2.60. The summed E-state index contributed by atoms with van der Waals surface area (Å²) in [4.78, 5) is 27.6. The summed E-state index contributed by atoms with van der Waals surface area (Å²) in [6.07, 6.45) is 2.31. The van der Waals surface area contributed by atoms with E-state index in [0.717, 1.165) is 5.39 Å². The van der Waals surface area contributed by atoms with E-state index in [1.165, 1.54) is 24.4 Å². The van der Waals surface area contributed by atoms with Crippen molar-refractivity contribution in [3.8, 4) is 0 Å². The molecule has 3 heterocycles. The third kappa shape index (κ3) is 3.84. The largest absolute Gasteiger partial charge is 0.356 e. The van der Waals surface area contributed by atoms with Crippen LogP contribution in [-0.4, -0.2) is 38.2 Å². The van der Waals surface area contributed by atoms with Crippen molar-refractivity contribution >= 4 is 28.5 Å². The Morgan fingerprint density at radius 1 is 1.12 bits per heavy atom. The molecule has 2 amide bonds. The molecule has 0 bridgehead atoms. The van der Waals surface area contributed by atoms with Gasteiger partial charge in [-0.05, 0) is 36.8 Å². The molecule has 5 rings (SSSR count). The standard InChI is InChI=1S/C23H20FN5O3/c24-15-5-3-6-16(11-15)26-23(31)18-13-25-29-10-4-9-28(14-20(18)29)22(30)12-19-17-7-1-2-8-21(17)32-27-19/h1-3,5-8,11,13H,4,9-10,12,14H2,(H,26,31). The van der Waals surface area contributed by atoms with E-state index in [-0.39, 0.29) is 18.9 Å². The van der Waals surface area contributed by atoms with Gasteiger partial charge in [-0.2, -0.15) is 5.10 Å². The number of amides is 2. The van der Waals surface area contributed by atoms with Crippen LogP contribution >= 0.6 is 0 Å². The zero-order valence-corrected chi connectivity index (χ0v) is 17.1. The molecule has 162 valence electrons. The van der Waals surface area contributed by atoms with Gasteiger partial charge in [-0.3, -0.25) is 14.3 Å². The van der Waals surface area contributed by atoms with E-state index in [2.05, 4.69) is 15.6 Å². The van der Waals surface area contributed by atoms with Crippen LogP contribution in [0.2, 0.25) is 0 Å². The molecule has 0 unspecified atom stereocenters. The lowest BCUT2D eigenvalue weighted by atomic mass is 10.1. The number of fused-ring (bicyclic) bond motifs is 2. The molecule has 2 aromatic carbocycles. The average Bonchev–Trinajstić information content (AvgIpc) is 3.31. The van der Waals surface area contributed by atoms with Crippen molar-refractivity contribution < 1.29 is 18.5 Å². The first-order valence-electron chi connectivity index (χ1n) is 10.3. The number of hydrogen-bond donors (Lipinski definition) is 1. The molecule has 32 heavy (non-hydrogen) atoms. The monoisotopic (exact) mass is 433 g/mol. The van der Waals surface area contributed by atoms with E-state index < -0.39 is 11.7 Å². The van der Waals surface area contributed by atoms with Gasteiger partial charge in [-0.25, -0.2) is 4.39 Å². The first-order chi connectivity index (χ1) is 15.6. The topological polar surface area (TPSA) is 93.3 Å². The zero-order chi connectivity index (χ0) is 22.1. The van der Waals surface area contributed by atoms with E-state index in [1.54, 1.807) is 15.6 Å². The van der Waals surface area contributed by atoms with Crippen LogP contribution in [0.15, 0.2) is 59.3 Å². The lowest BCUT2D eigenvalue weighted by Gasteiger charge is -2.20. The molecular weight excluding hydrogens is 413 g/mol. The lowest BCUT2D eigenvalue weighted by molar-refractivity contribution is -0.131. The number of aryl methyl sites for hydroxylation is 1. The summed E-state index contributed by atoms with van der Waals surface area (Å²) in [7, 11) is 0. The average molecular weight is 433 g/mol. The number of para-hydroxylation sites is 1. The van der Waals surface area contributed by atoms with Crippen molar-refractivity contribution in [3.63, 3.8) is 0 Å². The number of anilines is 1. The molecule has 1 N–H and O–H groups in total. The van der Waals surface area contributed by atoms with Crippen molar-refractivity contribution in [1.82, 2.24) is 19.8 Å². The molecule has 0 atom stereocenters. The van der Waals surface area contributed by atoms with Crippen LogP contribution in [0, 0.1) is 5.82 Å². The SMILES string of the molecule is O=C(Nc1cccc(F)c1)c1cnn2c1CN(C(=O)Cc1noc3ccccc13)CCC2. The summed E-state index contributed by atoms with van der Waals surface area (Å²) in [5.74, 6) is -0.933. The van der Waals surface area contributed by atoms with Gasteiger partial charge in [0.1, 0.15) is 11.5 Å². The number of benzene rings is 2. The minimum absolute atomic E-state index is 0.102. The van der Waals surface area contributed by atoms with Crippen molar-refractivity contribution in [2.45, 2.75) is 25.9 Å². The first-order valence-corrected chi connectivity index (χ1v) is 10.3. The summed E-state index contributed by atoms with van der Waals surface area (Å²) >= 11 is 0. The molecule has 0 saturated carbocycles. The van der Waals surface area contributed by atoms with Crippen molar-refractivity contribution in [3.05, 3.63) is 77.5 Å². The van der Waals surface area contributed by atoms with Gasteiger partial charge in [-0.1, -0.05) is 23.4 Å². The number of halogens is 1. The van der Waals surface area contributed by atoms with Gasteiger partial charge in [-0.15, -0.1) is 0 Å². The smallest absolute Gasteiger partial charge is 0.259 e. The van der Waals surface area contributed by atoms with Crippen LogP contribution in [0.25, 0.3) is 11.0 Å². The van der Waals surface area contributed by atoms with Crippen LogP contribution in [-0.2, 0) is 24.3 Å². The summed E-state index contributed by atoms with van der Waals surface area (Å²) in [6, 6.07) is 13.1. The third-order valence-corrected chi connectivity index (χ3v) is 5.54. The van der Waals surface area contributed by atoms with Gasteiger partial charge in [0, 0.05) is 24.2 Å². The Morgan fingerprint density at radius 3 is 2.88 bits per heavy atom. The van der Waals surface area contributed by atoms with Gasteiger partial charge < -0.3 is 14.7 Å². The fraction of sp³-hybridized carbons (Fsp3) is 0.217. The molecule has 4 aromatic rings. The number of rotatable bonds is 4. The minimum atomic E-state index is -0.436. The van der Waals surface area contributed by atoms with Gasteiger partial charge in [0.05, 0.1) is 30.4 Å². The van der Waals surface area contributed by atoms with Crippen molar-refractivity contribution in [1.29, 1.82) is 0 Å². The highest BCUT2D eigenvalue weighted by Crippen LogP contribution is 2.22. The second-order valence-electron chi connectivity index (χ2n) is 7.66. The van der Waals surface area contributed by atoms with E-state index in [9.17, 15) is 14.0 Å². The Balaban J connectivity index is 1.35. The molecule has 1 aliphatic heterocycles. The number of carbonyl (C=O) groups is 2. The summed E-state index contributed by atoms with van der Waals surface area (Å²) < 4.78 is 20.5. The van der Waals surface area contributed by atoms with Crippen molar-refractivity contribution in [2.24, 2.45) is 0 Å². The quantitative estimate of drug-likeness (QED) is 0.533. The highest BCUT2D eigenvalue weighted by atomic mass is 19.1. The predicted octanol–water partition coefficient (Wildman–Crippen LogP) is 3.39. The van der Waals surface area contributed by atoms with E-state index in [4.69, 9.17) is 4.52 Å². The number of aromatic nitrogens is 3. The van der Waals surface area contributed by atoms with Crippen LogP contribution < -0.4 is 5.32 Å². The van der Waals surface area contributed by atoms with Crippen molar-refractivity contribution in [2.75, 3.05) is 11.9 Å². The second kappa shape index (κ2) is 8.26. The fourth-order valence-corrected chi connectivity index (χ4v) is 3.93. The second-order valence-corrected chi connectivity index (χ2v) is 7.66. The molecule has 0 fully saturated rings. The predicted molar refractivity (Wildman–Crippen MR) is 114 cm³/mol. The van der Waals surface area contributed by atoms with E-state index in [0.29, 0.717) is 47.7 Å². The van der Waals surface area contributed by atoms with Crippen LogP contribution in [0.1, 0.15) is 28.2 Å². The maximum atomic E-state index is 13.5. The molecule has 0 saturated heterocycles. The Labute approximate surface area is 182 Å². The molecule has 9 heteroatoms. The molecule has 2 aromatic heterocycles. The lowest BCUT2D eigenvalue weighted by Crippen LogP contribution is -2.32. The Kier molecular flexibility index (Phi) is 5.14. The fourth-order valence-electron chi connectivity index (χ4n) is 3.93. The normalized spacial score (nSPS) is 13.6. The van der Waals surface area contributed by atoms with Crippen LogP contribution in [0.5, 0.6) is 0 Å². The van der Waals surface area contributed by atoms with Gasteiger partial charge in [0.2, 0.25) is 5.91 Å². The third-order valence-electron chi connectivity index (χ3n) is 5.54. The molecule has 1 aliphatic rings. The number of hydrogen-bond acceptors (Lipinski definition) is 5. The molecule has 0 spiro atoms. The molecule has 0 aliphatic carbocycles. The minimum Gasteiger partial charge on any atom is -0.356 e. The van der Waals surface area contributed by atoms with Gasteiger partial charge in [0.15, 0.2) is 5.58 Å². The summed E-state index contributed by atoms with van der Waals surface area (Å²) in [5, 5.41) is 11.9. The number of nitrogens with zero attached hydrogens (tertiary/aromatic N) is 4. The highest BCUT2D eigenvalue weighted by Gasteiger charge is 2.26. The van der Waals surface area contributed by atoms with Gasteiger partial charge in [0.25, 0.3) is 5.91 Å².